The molecule has 1 saturated heterocycles. The first kappa shape index (κ1) is 26.5. The second-order valence-electron chi connectivity index (χ2n) is 9.30. The van der Waals surface area contributed by atoms with Gasteiger partial charge in [0.15, 0.2) is 17.3 Å². The van der Waals surface area contributed by atoms with E-state index in [2.05, 4.69) is 5.32 Å². The third-order valence-electron chi connectivity index (χ3n) is 6.64. The minimum Gasteiger partial charge on any atom is -0.486 e. The first-order valence-electron chi connectivity index (χ1n) is 12.3. The minimum absolute atomic E-state index is 0.0754. The Labute approximate surface area is 220 Å². The van der Waals surface area contributed by atoms with Gasteiger partial charge in [-0.25, -0.2) is 8.78 Å². The third-order valence-corrected chi connectivity index (χ3v) is 7.85. The van der Waals surface area contributed by atoms with E-state index in [1.54, 1.807) is 0 Å². The molecule has 3 heterocycles. The minimum atomic E-state index is -3.90. The highest BCUT2D eigenvalue weighted by Gasteiger charge is 2.44. The van der Waals surface area contributed by atoms with E-state index in [1.807, 2.05) is 4.90 Å². The summed E-state index contributed by atoms with van der Waals surface area (Å²) >= 11 is 0.723. The van der Waals surface area contributed by atoms with Crippen LogP contribution in [0, 0.1) is 11.6 Å². The number of nitrogens with one attached hydrogen (secondary N) is 1. The number of aliphatic hydroxyl groups is 1. The van der Waals surface area contributed by atoms with Crippen molar-refractivity contribution in [2.24, 2.45) is 0 Å². The van der Waals surface area contributed by atoms with E-state index in [1.165, 1.54) is 36.4 Å². The Morgan fingerprint density at radius 3 is 2.50 bits per heavy atom. The van der Waals surface area contributed by atoms with Gasteiger partial charge >= 0.3 is 5.92 Å². The van der Waals surface area contributed by atoms with Crippen LogP contribution in [0.25, 0.3) is 10.4 Å². The lowest BCUT2D eigenvalue weighted by atomic mass is 10.00. The number of hydrogen-bond donors (Lipinski definition) is 2. The fourth-order valence-electron chi connectivity index (χ4n) is 4.65. The van der Waals surface area contributed by atoms with Gasteiger partial charge in [-0.05, 0) is 73.5 Å². The van der Waals surface area contributed by atoms with Crippen LogP contribution < -0.4 is 14.8 Å². The molecule has 0 saturated carbocycles. The highest BCUT2D eigenvalue weighted by molar-refractivity contribution is 7.15. The predicted molar refractivity (Wildman–Crippen MR) is 134 cm³/mol. The van der Waals surface area contributed by atoms with E-state index in [0.29, 0.717) is 23.5 Å². The SMILES string of the molecule is O=C(NC(CN1CCCC1)C(O)c1cc(F)c2c(c1)OCCO2)C(F)(F)c1ccc(-c2ccc(F)cc2)s1. The van der Waals surface area contributed by atoms with E-state index in [4.69, 9.17) is 9.47 Å². The number of amides is 1. The first-order valence-corrected chi connectivity index (χ1v) is 13.1. The number of aliphatic hydroxyl groups excluding tert-OH is 1. The standard InChI is InChI=1S/C27H26F4N2O4S/c28-18-5-3-16(4-6-18)22-7-8-23(38-22)27(30,31)26(35)32-20(15-33-9-1-2-10-33)24(34)17-13-19(29)25-21(14-17)36-11-12-37-25/h3-8,13-14,20,24,34H,1-2,9-12,15H2,(H,32,35). The van der Waals surface area contributed by atoms with Crippen molar-refractivity contribution in [2.75, 3.05) is 32.8 Å². The van der Waals surface area contributed by atoms with Crippen molar-refractivity contribution in [1.29, 1.82) is 0 Å². The topological polar surface area (TPSA) is 71.0 Å². The number of thiophene rings is 1. The average Bonchev–Trinajstić information content (AvgIpc) is 3.61. The van der Waals surface area contributed by atoms with Crippen LogP contribution in [0.15, 0.2) is 48.5 Å². The number of carbonyl (C=O) groups is 1. The Bertz CT molecular complexity index is 1290. The summed E-state index contributed by atoms with van der Waals surface area (Å²) in [5.74, 6) is -6.65. The molecule has 3 aromatic rings. The van der Waals surface area contributed by atoms with E-state index in [0.717, 1.165) is 36.3 Å². The number of nitrogens with zero attached hydrogens (tertiary/aromatic N) is 1. The first-order chi connectivity index (χ1) is 18.2. The number of likely N-dealkylation sites (tertiary alicyclic amines) is 1. The largest absolute Gasteiger partial charge is 0.486 e. The third kappa shape index (κ3) is 5.50. The van der Waals surface area contributed by atoms with Crippen LogP contribution in [-0.4, -0.2) is 54.8 Å². The molecule has 0 spiro atoms. The molecule has 2 N–H and O–H groups in total. The summed E-state index contributed by atoms with van der Waals surface area (Å²) in [7, 11) is 0. The van der Waals surface area contributed by atoms with Crippen molar-refractivity contribution in [3.8, 4) is 21.9 Å². The maximum atomic E-state index is 15.3. The number of benzene rings is 2. The average molecular weight is 551 g/mol. The molecule has 5 rings (SSSR count). The highest BCUT2D eigenvalue weighted by atomic mass is 32.1. The Hall–Kier alpha value is -3.15. The number of alkyl halides is 2. The second kappa shape index (κ2) is 10.9. The summed E-state index contributed by atoms with van der Waals surface area (Å²) < 4.78 is 69.2. The molecule has 2 aliphatic rings. The van der Waals surface area contributed by atoms with E-state index >= 15 is 8.78 Å². The molecule has 1 fully saturated rings. The molecule has 2 atom stereocenters. The fraction of sp³-hybridized carbons (Fsp3) is 0.370. The second-order valence-corrected chi connectivity index (χ2v) is 10.4. The molecule has 202 valence electrons. The van der Waals surface area contributed by atoms with Crippen LogP contribution >= 0.6 is 11.3 Å². The molecule has 6 nitrogen and oxygen atoms in total. The van der Waals surface area contributed by atoms with Crippen molar-refractivity contribution in [3.63, 3.8) is 0 Å². The van der Waals surface area contributed by atoms with Crippen molar-refractivity contribution in [3.05, 3.63) is 70.6 Å². The van der Waals surface area contributed by atoms with Gasteiger partial charge in [-0.2, -0.15) is 8.78 Å². The number of halogens is 4. The van der Waals surface area contributed by atoms with Crippen molar-refractivity contribution in [1.82, 2.24) is 10.2 Å². The molecule has 2 aliphatic heterocycles. The van der Waals surface area contributed by atoms with Gasteiger partial charge < -0.3 is 24.8 Å². The van der Waals surface area contributed by atoms with Crippen LogP contribution in [-0.2, 0) is 10.7 Å². The van der Waals surface area contributed by atoms with Crippen molar-refractivity contribution in [2.45, 2.75) is 30.9 Å². The van der Waals surface area contributed by atoms with Gasteiger partial charge in [-0.1, -0.05) is 12.1 Å². The highest BCUT2D eigenvalue weighted by Crippen LogP contribution is 2.39. The lowest BCUT2D eigenvalue weighted by molar-refractivity contribution is -0.148. The Kier molecular flexibility index (Phi) is 7.60. The number of hydrogen-bond acceptors (Lipinski definition) is 6. The van der Waals surface area contributed by atoms with Gasteiger partial charge in [0.25, 0.3) is 5.91 Å². The Balaban J connectivity index is 1.38. The van der Waals surface area contributed by atoms with Crippen molar-refractivity contribution < 1.29 is 36.9 Å². The number of ether oxygens (including phenoxy) is 2. The van der Waals surface area contributed by atoms with E-state index < -0.39 is 40.5 Å². The number of carbonyl (C=O) groups excluding carboxylic acids is 1. The zero-order valence-electron chi connectivity index (χ0n) is 20.3. The van der Waals surface area contributed by atoms with Crippen LogP contribution in [0.5, 0.6) is 11.5 Å². The summed E-state index contributed by atoms with van der Waals surface area (Å²) in [6.07, 6.45) is 0.332. The molecule has 1 amide bonds. The van der Waals surface area contributed by atoms with Gasteiger partial charge in [0.1, 0.15) is 25.1 Å². The Morgan fingerprint density at radius 1 is 1.05 bits per heavy atom. The quantitative estimate of drug-likeness (QED) is 0.392. The fourth-order valence-corrected chi connectivity index (χ4v) is 5.63. The molecular formula is C27H26F4N2O4S. The monoisotopic (exact) mass is 550 g/mol. The van der Waals surface area contributed by atoms with Crippen molar-refractivity contribution >= 4 is 17.2 Å². The number of rotatable bonds is 8. The summed E-state index contributed by atoms with van der Waals surface area (Å²) in [6.45, 7) is 1.87. The normalized spacial score (nSPS) is 17.3. The zero-order valence-corrected chi connectivity index (χ0v) is 21.1. The molecule has 2 aromatic carbocycles. The number of fused-ring (bicyclic) bond motifs is 1. The molecule has 1 aromatic heterocycles. The molecule has 0 bridgehead atoms. The molecule has 0 radical (unpaired) electrons. The van der Waals surface area contributed by atoms with Gasteiger partial charge in [0.05, 0.1) is 10.9 Å². The Morgan fingerprint density at radius 2 is 1.76 bits per heavy atom. The predicted octanol–water partition coefficient (Wildman–Crippen LogP) is 4.87. The van der Waals surface area contributed by atoms with Crippen LogP contribution in [0.3, 0.4) is 0 Å². The maximum absolute atomic E-state index is 15.3. The summed E-state index contributed by atoms with van der Waals surface area (Å²) in [4.78, 5) is 14.8. The van der Waals surface area contributed by atoms with E-state index in [9.17, 15) is 18.7 Å². The zero-order chi connectivity index (χ0) is 26.9. The van der Waals surface area contributed by atoms with Crippen LogP contribution in [0.2, 0.25) is 0 Å². The molecule has 0 aliphatic carbocycles. The van der Waals surface area contributed by atoms with Gasteiger partial charge in [0.2, 0.25) is 0 Å². The molecule has 11 heteroatoms. The summed E-state index contributed by atoms with van der Waals surface area (Å²) in [6, 6.07) is 9.31. The van der Waals surface area contributed by atoms with Crippen LogP contribution in [0.4, 0.5) is 17.6 Å². The maximum Gasteiger partial charge on any atom is 0.358 e. The van der Waals surface area contributed by atoms with E-state index in [-0.39, 0.29) is 36.8 Å². The molecule has 38 heavy (non-hydrogen) atoms. The smallest absolute Gasteiger partial charge is 0.358 e. The van der Waals surface area contributed by atoms with Gasteiger partial charge in [-0.3, -0.25) is 4.79 Å². The van der Waals surface area contributed by atoms with Gasteiger partial charge in [0, 0.05) is 11.4 Å². The van der Waals surface area contributed by atoms with Crippen LogP contribution in [0.1, 0.15) is 29.4 Å². The molecule has 2 unspecified atom stereocenters. The van der Waals surface area contributed by atoms with Gasteiger partial charge in [-0.15, -0.1) is 11.3 Å². The summed E-state index contributed by atoms with van der Waals surface area (Å²) in [5, 5.41) is 13.5. The molecular weight excluding hydrogens is 524 g/mol. The lowest BCUT2D eigenvalue weighted by Gasteiger charge is -2.30. The summed E-state index contributed by atoms with van der Waals surface area (Å²) in [5.41, 5.74) is 0.621. The lowest BCUT2D eigenvalue weighted by Crippen LogP contribution is -2.50.